The molecular weight excluding hydrogens is 378 g/mol. The smallest absolute Gasteiger partial charge is 0.319 e. The third kappa shape index (κ3) is 4.29. The van der Waals surface area contributed by atoms with Crippen LogP contribution in [-0.4, -0.2) is 24.6 Å². The Morgan fingerprint density at radius 1 is 1.04 bits per heavy atom. The molecule has 27 heavy (non-hydrogen) atoms. The minimum absolute atomic E-state index is 0.113. The van der Waals surface area contributed by atoms with Gasteiger partial charge in [-0.2, -0.15) is 5.10 Å². The van der Waals surface area contributed by atoms with Crippen LogP contribution in [0.25, 0.3) is 0 Å². The number of hydrogen-bond donors (Lipinski definition) is 3. The summed E-state index contributed by atoms with van der Waals surface area (Å²) in [5.41, 5.74) is 1.15. The first kappa shape index (κ1) is 18.5. The monoisotopic (exact) mass is 392 g/mol. The van der Waals surface area contributed by atoms with Crippen LogP contribution in [-0.2, 0) is 16.4 Å². The number of hydrogen-bond acceptors (Lipinski definition) is 4. The number of urea groups is 1. The molecule has 0 atom stereocenters. The van der Waals surface area contributed by atoms with E-state index in [1.807, 2.05) is 0 Å². The van der Waals surface area contributed by atoms with Gasteiger partial charge in [-0.15, -0.1) is 0 Å². The molecule has 0 aliphatic rings. The highest BCUT2D eigenvalue weighted by Gasteiger charge is 2.19. The summed E-state index contributed by atoms with van der Waals surface area (Å²) in [7, 11) is -4.01. The van der Waals surface area contributed by atoms with Gasteiger partial charge in [-0.25, -0.2) is 22.0 Å². The highest BCUT2D eigenvalue weighted by Crippen LogP contribution is 2.23. The van der Waals surface area contributed by atoms with E-state index in [0.29, 0.717) is 11.8 Å². The molecule has 0 saturated carbocycles. The van der Waals surface area contributed by atoms with Crippen molar-refractivity contribution in [2.75, 3.05) is 5.32 Å². The molecular formula is C17H14F2N4O3S. The van der Waals surface area contributed by atoms with E-state index in [1.165, 1.54) is 24.3 Å². The lowest BCUT2D eigenvalue weighted by Gasteiger charge is -2.09. The summed E-state index contributed by atoms with van der Waals surface area (Å²) in [6.45, 7) is 0.269. The van der Waals surface area contributed by atoms with Gasteiger partial charge in [-0.3, -0.25) is 5.10 Å². The Morgan fingerprint density at radius 3 is 2.37 bits per heavy atom. The maximum atomic E-state index is 13.3. The molecule has 2 amide bonds. The fraction of sp³-hybridized carbons (Fsp3) is 0.0588. The molecule has 1 aromatic heterocycles. The number of rotatable bonds is 5. The van der Waals surface area contributed by atoms with Crippen LogP contribution in [0.2, 0.25) is 0 Å². The summed E-state index contributed by atoms with van der Waals surface area (Å²) in [5.74, 6) is -2.38. The molecule has 3 N–H and O–H groups in total. The third-order valence-corrected chi connectivity index (χ3v) is 5.40. The number of carbonyl (C=O) groups is 1. The fourth-order valence-electron chi connectivity index (χ4n) is 2.23. The van der Waals surface area contributed by atoms with E-state index in [0.717, 1.165) is 17.7 Å². The van der Waals surface area contributed by atoms with Gasteiger partial charge in [0.05, 0.1) is 16.0 Å². The standard InChI is InChI=1S/C17H14F2N4O3S/c18-15-6-5-14(7-16(15)19)27(25,26)13-3-1-12(2-4-13)23-17(24)20-8-11-9-21-22-10-11/h1-7,9-10H,8H2,(H,21,22)(H2,20,23,24). The Bertz CT molecular complexity index is 1050. The molecule has 0 radical (unpaired) electrons. The van der Waals surface area contributed by atoms with Gasteiger partial charge in [-0.1, -0.05) is 0 Å². The molecule has 0 spiro atoms. The summed E-state index contributed by atoms with van der Waals surface area (Å²) >= 11 is 0. The van der Waals surface area contributed by atoms with Crippen LogP contribution < -0.4 is 10.6 Å². The largest absolute Gasteiger partial charge is 0.334 e. The predicted molar refractivity (Wildman–Crippen MR) is 92.7 cm³/mol. The lowest BCUT2D eigenvalue weighted by molar-refractivity contribution is 0.251. The number of benzene rings is 2. The van der Waals surface area contributed by atoms with Gasteiger partial charge in [0.25, 0.3) is 0 Å². The van der Waals surface area contributed by atoms with Crippen LogP contribution in [0.15, 0.2) is 64.6 Å². The zero-order chi connectivity index (χ0) is 19.4. The second kappa shape index (κ2) is 7.54. The highest BCUT2D eigenvalue weighted by atomic mass is 32.2. The van der Waals surface area contributed by atoms with Crippen LogP contribution in [0.3, 0.4) is 0 Å². The van der Waals surface area contributed by atoms with E-state index in [4.69, 9.17) is 0 Å². The number of nitrogens with one attached hydrogen (secondary N) is 3. The molecule has 7 nitrogen and oxygen atoms in total. The van der Waals surface area contributed by atoms with Gasteiger partial charge >= 0.3 is 6.03 Å². The summed E-state index contributed by atoms with van der Waals surface area (Å²) in [6.07, 6.45) is 3.20. The molecule has 10 heteroatoms. The zero-order valence-electron chi connectivity index (χ0n) is 13.7. The Labute approximate surface area is 153 Å². The van der Waals surface area contributed by atoms with Gasteiger partial charge in [0, 0.05) is 24.0 Å². The van der Waals surface area contributed by atoms with E-state index < -0.39 is 27.5 Å². The fourth-order valence-corrected chi connectivity index (χ4v) is 3.50. The number of amides is 2. The van der Waals surface area contributed by atoms with Crippen LogP contribution in [0.5, 0.6) is 0 Å². The molecule has 0 aliphatic heterocycles. The van der Waals surface area contributed by atoms with Crippen LogP contribution in [0.1, 0.15) is 5.56 Å². The summed E-state index contributed by atoms with van der Waals surface area (Å²) in [5, 5.41) is 11.5. The second-order valence-corrected chi connectivity index (χ2v) is 7.47. The van der Waals surface area contributed by atoms with E-state index in [-0.39, 0.29) is 16.3 Å². The molecule has 0 unspecified atom stereocenters. The number of aromatic nitrogens is 2. The Balaban J connectivity index is 1.68. The van der Waals surface area contributed by atoms with Crippen molar-refractivity contribution < 1.29 is 22.0 Å². The number of nitrogens with zero attached hydrogens (tertiary/aromatic N) is 1. The molecule has 0 bridgehead atoms. The Hall–Kier alpha value is -3.27. The molecule has 0 saturated heterocycles. The Kier molecular flexibility index (Phi) is 5.17. The van der Waals surface area contributed by atoms with E-state index in [1.54, 1.807) is 12.4 Å². The van der Waals surface area contributed by atoms with Crippen molar-refractivity contribution in [2.24, 2.45) is 0 Å². The van der Waals surface area contributed by atoms with Crippen LogP contribution >= 0.6 is 0 Å². The summed E-state index contributed by atoms with van der Waals surface area (Å²) in [4.78, 5) is 11.4. The highest BCUT2D eigenvalue weighted by molar-refractivity contribution is 7.91. The van der Waals surface area contributed by atoms with Crippen molar-refractivity contribution in [1.82, 2.24) is 15.5 Å². The number of H-pyrrole nitrogens is 1. The van der Waals surface area contributed by atoms with E-state index >= 15 is 0 Å². The van der Waals surface area contributed by atoms with Crippen molar-refractivity contribution in [3.8, 4) is 0 Å². The lowest BCUT2D eigenvalue weighted by Crippen LogP contribution is -2.28. The first-order valence-corrected chi connectivity index (χ1v) is 9.17. The summed E-state index contributed by atoms with van der Waals surface area (Å²) < 4.78 is 51.2. The number of sulfone groups is 1. The van der Waals surface area contributed by atoms with Gasteiger partial charge in [0.15, 0.2) is 11.6 Å². The molecule has 3 aromatic rings. The van der Waals surface area contributed by atoms with E-state index in [9.17, 15) is 22.0 Å². The van der Waals surface area contributed by atoms with Crippen LogP contribution in [0, 0.1) is 11.6 Å². The summed E-state index contributed by atoms with van der Waals surface area (Å²) in [6, 6.07) is 7.21. The zero-order valence-corrected chi connectivity index (χ0v) is 14.6. The minimum Gasteiger partial charge on any atom is -0.334 e. The number of carbonyl (C=O) groups excluding carboxylic acids is 1. The maximum Gasteiger partial charge on any atom is 0.319 e. The maximum absolute atomic E-state index is 13.3. The average molecular weight is 392 g/mol. The average Bonchev–Trinajstić information content (AvgIpc) is 3.16. The molecule has 0 aliphatic carbocycles. The minimum atomic E-state index is -4.01. The molecule has 2 aromatic carbocycles. The van der Waals surface area contributed by atoms with Gasteiger partial charge < -0.3 is 10.6 Å². The Morgan fingerprint density at radius 2 is 1.74 bits per heavy atom. The normalized spacial score (nSPS) is 11.2. The van der Waals surface area contributed by atoms with Gasteiger partial charge in [0.2, 0.25) is 9.84 Å². The van der Waals surface area contributed by atoms with Crippen molar-refractivity contribution in [3.05, 3.63) is 72.1 Å². The topological polar surface area (TPSA) is 104 Å². The van der Waals surface area contributed by atoms with Crippen molar-refractivity contribution in [1.29, 1.82) is 0 Å². The second-order valence-electron chi connectivity index (χ2n) is 5.52. The van der Waals surface area contributed by atoms with Crippen molar-refractivity contribution >= 4 is 21.6 Å². The first-order valence-electron chi connectivity index (χ1n) is 7.69. The molecule has 1 heterocycles. The SMILES string of the molecule is O=C(NCc1cn[nH]c1)Nc1ccc(S(=O)(=O)c2ccc(F)c(F)c2)cc1. The quantitative estimate of drug-likeness (QED) is 0.581. The number of halogens is 2. The third-order valence-electron chi connectivity index (χ3n) is 3.63. The van der Waals surface area contributed by atoms with Gasteiger partial charge in [0.1, 0.15) is 0 Å². The number of aromatic amines is 1. The first-order chi connectivity index (χ1) is 12.9. The molecule has 140 valence electrons. The lowest BCUT2D eigenvalue weighted by atomic mass is 10.3. The number of anilines is 1. The van der Waals surface area contributed by atoms with Crippen molar-refractivity contribution in [2.45, 2.75) is 16.3 Å². The van der Waals surface area contributed by atoms with Gasteiger partial charge in [-0.05, 0) is 42.5 Å². The predicted octanol–water partition coefficient (Wildman–Crippen LogP) is 2.84. The molecule has 3 rings (SSSR count). The van der Waals surface area contributed by atoms with Crippen molar-refractivity contribution in [3.63, 3.8) is 0 Å². The molecule has 0 fully saturated rings. The van der Waals surface area contributed by atoms with Crippen LogP contribution in [0.4, 0.5) is 19.3 Å². The van der Waals surface area contributed by atoms with E-state index in [2.05, 4.69) is 20.8 Å².